The van der Waals surface area contributed by atoms with E-state index in [-0.39, 0.29) is 16.9 Å². The number of fused-ring (bicyclic) bond motifs is 1. The smallest absolute Gasteiger partial charge is 0.381 e. The second-order valence-electron chi connectivity index (χ2n) is 4.09. The molecule has 0 radical (unpaired) electrons. The van der Waals surface area contributed by atoms with Gasteiger partial charge in [-0.3, -0.25) is 0 Å². The van der Waals surface area contributed by atoms with Gasteiger partial charge in [-0.25, -0.2) is 9.59 Å². The minimum Gasteiger partial charge on any atom is -0.464 e. The summed E-state index contributed by atoms with van der Waals surface area (Å²) in [6, 6.07) is 6.25. The number of ether oxygens (including phenoxy) is 2. The van der Waals surface area contributed by atoms with Crippen molar-refractivity contribution in [3.63, 3.8) is 0 Å². The molecule has 4 nitrogen and oxygen atoms in total. The van der Waals surface area contributed by atoms with Crippen LogP contribution in [-0.2, 0) is 20.2 Å². The van der Waals surface area contributed by atoms with E-state index in [1.165, 1.54) is 6.07 Å². The molecule has 2 aromatic rings. The molecule has 2 rings (SSSR count). The number of carbonyl (C=O) groups is 2. The van der Waals surface area contributed by atoms with E-state index in [9.17, 15) is 18.4 Å². The normalized spacial score (nSPS) is 11.4. The SMILES string of the molecule is CCOC(=O)c1sc2ccccc2c1C(F)(F)C(=O)OC. The summed E-state index contributed by atoms with van der Waals surface area (Å²) in [5.41, 5.74) is -0.659. The minimum atomic E-state index is -3.92. The Labute approximate surface area is 123 Å². The monoisotopic (exact) mass is 314 g/mol. The van der Waals surface area contributed by atoms with Crippen LogP contribution in [0.25, 0.3) is 10.1 Å². The van der Waals surface area contributed by atoms with E-state index in [0.29, 0.717) is 4.70 Å². The van der Waals surface area contributed by atoms with Crippen molar-refractivity contribution < 1.29 is 27.8 Å². The fraction of sp³-hybridized carbons (Fsp3) is 0.286. The number of halogens is 2. The molecule has 1 aromatic heterocycles. The molecule has 0 atom stereocenters. The molecule has 0 unspecified atom stereocenters. The molecule has 0 fully saturated rings. The van der Waals surface area contributed by atoms with Gasteiger partial charge in [0.25, 0.3) is 0 Å². The van der Waals surface area contributed by atoms with Crippen LogP contribution in [0.2, 0.25) is 0 Å². The van der Waals surface area contributed by atoms with E-state index in [1.807, 2.05) is 0 Å². The molecule has 1 aromatic carbocycles. The molecule has 0 aliphatic heterocycles. The molecule has 112 valence electrons. The third-order valence-corrected chi connectivity index (χ3v) is 3.96. The van der Waals surface area contributed by atoms with Crippen LogP contribution in [0.4, 0.5) is 8.78 Å². The van der Waals surface area contributed by atoms with Crippen LogP contribution >= 0.6 is 11.3 Å². The number of benzene rings is 1. The third kappa shape index (κ3) is 2.61. The Bertz CT molecular complexity index is 693. The maximum atomic E-state index is 14.3. The lowest BCUT2D eigenvalue weighted by Crippen LogP contribution is -2.29. The topological polar surface area (TPSA) is 52.6 Å². The van der Waals surface area contributed by atoms with Gasteiger partial charge in [-0.1, -0.05) is 18.2 Å². The zero-order valence-corrected chi connectivity index (χ0v) is 12.1. The average molecular weight is 314 g/mol. The number of carbonyl (C=O) groups excluding carboxylic acids is 2. The quantitative estimate of drug-likeness (QED) is 0.812. The number of thiophene rings is 1. The maximum absolute atomic E-state index is 14.3. The lowest BCUT2D eigenvalue weighted by atomic mass is 10.0. The van der Waals surface area contributed by atoms with Crippen LogP contribution in [0.3, 0.4) is 0 Å². The first-order valence-corrected chi connectivity index (χ1v) is 6.90. The standard InChI is InChI=1S/C14H12F2O4S/c1-3-20-12(17)11-10(14(15,16)13(18)19-2)8-6-4-5-7-9(8)21-11/h4-7H,3H2,1-2H3. The van der Waals surface area contributed by atoms with E-state index in [2.05, 4.69) is 4.74 Å². The van der Waals surface area contributed by atoms with E-state index in [0.717, 1.165) is 18.4 Å². The van der Waals surface area contributed by atoms with Crippen LogP contribution in [0.5, 0.6) is 0 Å². The number of methoxy groups -OCH3 is 1. The zero-order chi connectivity index (χ0) is 15.6. The van der Waals surface area contributed by atoms with Gasteiger partial charge in [-0.2, -0.15) is 8.78 Å². The Morgan fingerprint density at radius 3 is 2.57 bits per heavy atom. The molecule has 0 saturated heterocycles. The maximum Gasteiger partial charge on any atom is 0.381 e. The molecule has 0 aliphatic rings. The Balaban J connectivity index is 2.72. The van der Waals surface area contributed by atoms with Crippen LogP contribution in [0.1, 0.15) is 22.2 Å². The molecule has 7 heteroatoms. The average Bonchev–Trinajstić information content (AvgIpc) is 2.86. The predicted molar refractivity (Wildman–Crippen MR) is 73.7 cm³/mol. The van der Waals surface area contributed by atoms with Crippen LogP contribution in [0, 0.1) is 0 Å². The van der Waals surface area contributed by atoms with Gasteiger partial charge < -0.3 is 9.47 Å². The first-order chi connectivity index (χ1) is 9.93. The van der Waals surface area contributed by atoms with Crippen LogP contribution < -0.4 is 0 Å². The van der Waals surface area contributed by atoms with Gasteiger partial charge in [-0.05, 0) is 13.0 Å². The summed E-state index contributed by atoms with van der Waals surface area (Å²) in [6.07, 6.45) is 0. The summed E-state index contributed by atoms with van der Waals surface area (Å²) in [7, 11) is 0.870. The van der Waals surface area contributed by atoms with Crippen molar-refractivity contribution in [1.29, 1.82) is 0 Å². The molecule has 0 saturated carbocycles. The van der Waals surface area contributed by atoms with Gasteiger partial charge in [0.2, 0.25) is 0 Å². The van der Waals surface area contributed by atoms with Gasteiger partial charge in [0.15, 0.2) is 0 Å². The molecule has 0 N–H and O–H groups in total. The number of rotatable bonds is 4. The molecular weight excluding hydrogens is 302 g/mol. The highest BCUT2D eigenvalue weighted by Gasteiger charge is 2.47. The Morgan fingerprint density at radius 2 is 1.95 bits per heavy atom. The van der Waals surface area contributed by atoms with Crippen LogP contribution in [-0.4, -0.2) is 25.7 Å². The summed E-state index contributed by atoms with van der Waals surface area (Å²) in [4.78, 5) is 23.0. The van der Waals surface area contributed by atoms with Gasteiger partial charge in [-0.15, -0.1) is 11.3 Å². The van der Waals surface area contributed by atoms with Crippen molar-refractivity contribution >= 4 is 33.4 Å². The largest absolute Gasteiger partial charge is 0.464 e. The molecule has 0 spiro atoms. The van der Waals surface area contributed by atoms with Gasteiger partial charge >= 0.3 is 17.9 Å². The summed E-state index contributed by atoms with van der Waals surface area (Å²) < 4.78 is 38.0. The molecule has 0 amide bonds. The Hall–Kier alpha value is -2.02. The van der Waals surface area contributed by atoms with Crippen molar-refractivity contribution in [2.24, 2.45) is 0 Å². The summed E-state index contributed by atoms with van der Waals surface area (Å²) in [5.74, 6) is -6.51. The third-order valence-electron chi connectivity index (χ3n) is 2.81. The van der Waals surface area contributed by atoms with Crippen molar-refractivity contribution in [2.45, 2.75) is 12.8 Å². The van der Waals surface area contributed by atoms with Crippen LogP contribution in [0.15, 0.2) is 24.3 Å². The number of alkyl halides is 2. The number of hydrogen-bond acceptors (Lipinski definition) is 5. The fourth-order valence-corrected chi connectivity index (χ4v) is 3.06. The molecule has 0 bridgehead atoms. The van der Waals surface area contributed by atoms with Crippen molar-refractivity contribution in [1.82, 2.24) is 0 Å². The van der Waals surface area contributed by atoms with Gasteiger partial charge in [0.1, 0.15) is 4.88 Å². The van der Waals surface area contributed by atoms with E-state index >= 15 is 0 Å². The van der Waals surface area contributed by atoms with Crippen molar-refractivity contribution in [2.75, 3.05) is 13.7 Å². The summed E-state index contributed by atoms with van der Waals surface area (Å²) >= 11 is 0.864. The lowest BCUT2D eigenvalue weighted by Gasteiger charge is -2.14. The summed E-state index contributed by atoms with van der Waals surface area (Å²) in [6.45, 7) is 1.62. The van der Waals surface area contributed by atoms with Crippen molar-refractivity contribution in [3.05, 3.63) is 34.7 Å². The first kappa shape index (κ1) is 15.4. The zero-order valence-electron chi connectivity index (χ0n) is 11.3. The number of hydrogen-bond donors (Lipinski definition) is 0. The van der Waals surface area contributed by atoms with E-state index in [1.54, 1.807) is 25.1 Å². The Morgan fingerprint density at radius 1 is 1.29 bits per heavy atom. The fourth-order valence-electron chi connectivity index (χ4n) is 1.93. The highest BCUT2D eigenvalue weighted by Crippen LogP contribution is 2.42. The molecule has 21 heavy (non-hydrogen) atoms. The second kappa shape index (κ2) is 5.77. The highest BCUT2D eigenvalue weighted by atomic mass is 32.1. The first-order valence-electron chi connectivity index (χ1n) is 6.08. The van der Waals surface area contributed by atoms with Gasteiger partial charge in [0.05, 0.1) is 19.3 Å². The Kier molecular flexibility index (Phi) is 4.22. The van der Waals surface area contributed by atoms with Gasteiger partial charge in [0, 0.05) is 10.1 Å². The molecular formula is C14H12F2O4S. The van der Waals surface area contributed by atoms with E-state index < -0.39 is 23.4 Å². The van der Waals surface area contributed by atoms with E-state index in [4.69, 9.17) is 4.74 Å². The summed E-state index contributed by atoms with van der Waals surface area (Å²) in [5, 5.41) is 0.140. The lowest BCUT2D eigenvalue weighted by molar-refractivity contribution is -0.170. The van der Waals surface area contributed by atoms with Crippen molar-refractivity contribution in [3.8, 4) is 0 Å². The number of esters is 2. The molecule has 0 aliphatic carbocycles. The second-order valence-corrected chi connectivity index (χ2v) is 5.14. The predicted octanol–water partition coefficient (Wildman–Crippen LogP) is 3.34. The molecule has 1 heterocycles. The minimum absolute atomic E-state index is 0.0519. The highest BCUT2D eigenvalue weighted by molar-refractivity contribution is 7.21.